The lowest BCUT2D eigenvalue weighted by Crippen LogP contribution is -2.56. The summed E-state index contributed by atoms with van der Waals surface area (Å²) in [7, 11) is 0. The number of aromatic nitrogens is 3. The minimum absolute atomic E-state index is 0.0600. The fourth-order valence-corrected chi connectivity index (χ4v) is 3.53. The Morgan fingerprint density at radius 2 is 1.46 bits per heavy atom. The lowest BCUT2D eigenvalue weighted by molar-refractivity contribution is -0.141. The molecular formula is C21H31N11O9. The summed E-state index contributed by atoms with van der Waals surface area (Å²) in [5.41, 5.74) is 10.7. The molecule has 0 radical (unpaired) electrons. The SMILES string of the molecule is NC(N)=NCCC[C@H]1NC(=O)[C@H](CC(=O)O)NC(=O)Cn2cc(nn2)CNC(=O)[C@@H](CC(=O)O)NC(=O)CNC1=O. The van der Waals surface area contributed by atoms with E-state index in [0.29, 0.717) is 0 Å². The number of hydrogen-bond acceptors (Lipinski definition) is 10. The van der Waals surface area contributed by atoms with E-state index in [4.69, 9.17) is 16.6 Å². The van der Waals surface area contributed by atoms with Gasteiger partial charge in [0.25, 0.3) is 0 Å². The van der Waals surface area contributed by atoms with E-state index >= 15 is 0 Å². The molecule has 2 heterocycles. The zero-order chi connectivity index (χ0) is 30.5. The van der Waals surface area contributed by atoms with Crippen LogP contribution in [0, 0.1) is 0 Å². The number of nitrogens with zero attached hydrogens (tertiary/aromatic N) is 4. The average molecular weight is 582 g/mol. The highest BCUT2D eigenvalue weighted by molar-refractivity contribution is 5.96. The molecule has 0 spiro atoms. The molecule has 0 unspecified atom stereocenters. The van der Waals surface area contributed by atoms with Crippen molar-refractivity contribution in [2.24, 2.45) is 16.5 Å². The summed E-state index contributed by atoms with van der Waals surface area (Å²) < 4.78 is 1.05. The van der Waals surface area contributed by atoms with Gasteiger partial charge in [0.1, 0.15) is 30.4 Å². The highest BCUT2D eigenvalue weighted by Gasteiger charge is 2.29. The largest absolute Gasteiger partial charge is 0.481 e. The van der Waals surface area contributed by atoms with Crippen LogP contribution >= 0.6 is 0 Å². The molecule has 0 saturated carbocycles. The summed E-state index contributed by atoms with van der Waals surface area (Å²) in [6.45, 7) is -1.35. The Morgan fingerprint density at radius 3 is 2.10 bits per heavy atom. The lowest BCUT2D eigenvalue weighted by atomic mass is 10.1. The van der Waals surface area contributed by atoms with E-state index in [0.717, 1.165) is 4.68 Å². The molecule has 2 bridgehead atoms. The van der Waals surface area contributed by atoms with Gasteiger partial charge in [-0.3, -0.25) is 38.6 Å². The Morgan fingerprint density at radius 1 is 0.878 bits per heavy atom. The van der Waals surface area contributed by atoms with Gasteiger partial charge in [-0.2, -0.15) is 0 Å². The van der Waals surface area contributed by atoms with E-state index in [-0.39, 0.29) is 37.6 Å². The van der Waals surface area contributed by atoms with Crippen LogP contribution in [0.2, 0.25) is 0 Å². The fourth-order valence-electron chi connectivity index (χ4n) is 3.53. The smallest absolute Gasteiger partial charge is 0.305 e. The number of carboxylic acids is 2. The second-order valence-corrected chi connectivity index (χ2v) is 8.79. The van der Waals surface area contributed by atoms with Gasteiger partial charge in [0.2, 0.25) is 29.5 Å². The van der Waals surface area contributed by atoms with E-state index in [1.54, 1.807) is 0 Å². The Labute approximate surface area is 231 Å². The van der Waals surface area contributed by atoms with Crippen molar-refractivity contribution in [3.05, 3.63) is 11.9 Å². The average Bonchev–Trinajstić information content (AvgIpc) is 3.32. The fraction of sp³-hybridized carbons (Fsp3) is 0.524. The third kappa shape index (κ3) is 11.5. The number of aliphatic imine (C=N–C) groups is 1. The molecule has 41 heavy (non-hydrogen) atoms. The van der Waals surface area contributed by atoms with Gasteiger partial charge >= 0.3 is 11.9 Å². The molecule has 1 aromatic rings. The highest BCUT2D eigenvalue weighted by Crippen LogP contribution is 2.03. The first-order valence-corrected chi connectivity index (χ1v) is 12.2. The normalized spacial score (nSPS) is 21.0. The molecule has 3 atom stereocenters. The molecule has 20 nitrogen and oxygen atoms in total. The molecule has 11 N–H and O–H groups in total. The number of fused-ring (bicyclic) bond motifs is 2. The molecule has 20 heteroatoms. The van der Waals surface area contributed by atoms with Gasteiger partial charge < -0.3 is 48.3 Å². The number of carbonyl (C=O) groups excluding carboxylic acids is 5. The van der Waals surface area contributed by atoms with Crippen molar-refractivity contribution in [3.8, 4) is 0 Å². The summed E-state index contributed by atoms with van der Waals surface area (Å²) >= 11 is 0. The van der Waals surface area contributed by atoms with Crippen LogP contribution in [-0.4, -0.2) is 104 Å². The quantitative estimate of drug-likeness (QED) is 0.0786. The van der Waals surface area contributed by atoms with E-state index in [9.17, 15) is 38.7 Å². The first-order chi connectivity index (χ1) is 19.3. The maximum absolute atomic E-state index is 13.0. The number of amides is 5. The van der Waals surface area contributed by atoms with E-state index < -0.39 is 85.5 Å². The van der Waals surface area contributed by atoms with Crippen LogP contribution in [0.3, 0.4) is 0 Å². The van der Waals surface area contributed by atoms with Gasteiger partial charge in [-0.15, -0.1) is 5.10 Å². The Kier molecular flexibility index (Phi) is 11.9. The maximum atomic E-state index is 13.0. The first-order valence-electron chi connectivity index (χ1n) is 12.2. The lowest BCUT2D eigenvalue weighted by Gasteiger charge is -2.22. The van der Waals surface area contributed by atoms with Crippen molar-refractivity contribution in [3.63, 3.8) is 0 Å². The van der Waals surface area contributed by atoms with Crippen molar-refractivity contribution in [1.29, 1.82) is 0 Å². The molecule has 1 aromatic heterocycles. The molecule has 0 saturated heterocycles. The molecule has 224 valence electrons. The van der Waals surface area contributed by atoms with Crippen LogP contribution in [0.25, 0.3) is 0 Å². The molecule has 0 aromatic carbocycles. The maximum Gasteiger partial charge on any atom is 0.305 e. The summed E-state index contributed by atoms with van der Waals surface area (Å²) in [5.74, 6) is -7.46. The van der Waals surface area contributed by atoms with Crippen molar-refractivity contribution >= 4 is 47.4 Å². The third-order valence-corrected chi connectivity index (χ3v) is 5.40. The predicted molar refractivity (Wildman–Crippen MR) is 135 cm³/mol. The van der Waals surface area contributed by atoms with Crippen molar-refractivity contribution in [2.75, 3.05) is 13.1 Å². The minimum Gasteiger partial charge on any atom is -0.481 e. The van der Waals surface area contributed by atoms with Gasteiger partial charge in [-0.05, 0) is 12.8 Å². The number of carbonyl (C=O) groups is 7. The number of rotatable bonds is 8. The number of aliphatic carboxylic acids is 2. The zero-order valence-electron chi connectivity index (χ0n) is 21.7. The molecule has 1 aliphatic rings. The number of carboxylic acid groups (broad SMARTS) is 2. The standard InChI is InChI=1S/C21H31N11O9/c22-21(23)24-3-1-2-11-18(39)26-7-14(33)27-12(4-16(35)36)19(40)25-6-10-8-32(31-30-10)9-15(34)28-13(5-17(37)38)20(41)29-11/h8,11-13H,1-7,9H2,(H,25,40)(H,26,39)(H,27,33)(H,28,34)(H,29,41)(H,35,36)(H,37,38)(H4,22,23,24)/t11-,12-,13+/m1/s1. The van der Waals surface area contributed by atoms with Crippen molar-refractivity contribution in [2.45, 2.75) is 56.9 Å². The zero-order valence-corrected chi connectivity index (χ0v) is 21.7. The second-order valence-electron chi connectivity index (χ2n) is 8.79. The van der Waals surface area contributed by atoms with Gasteiger partial charge in [-0.25, -0.2) is 4.68 Å². The Bertz CT molecular complexity index is 1200. The summed E-state index contributed by atoms with van der Waals surface area (Å²) in [4.78, 5) is 89.8. The van der Waals surface area contributed by atoms with E-state index in [1.807, 2.05) is 0 Å². The van der Waals surface area contributed by atoms with Crippen LogP contribution in [0.15, 0.2) is 11.2 Å². The van der Waals surface area contributed by atoms with Gasteiger partial charge in [0.15, 0.2) is 5.96 Å². The minimum atomic E-state index is -1.59. The number of nitrogens with one attached hydrogen (secondary N) is 5. The van der Waals surface area contributed by atoms with Crippen LogP contribution in [0.4, 0.5) is 0 Å². The first kappa shape index (κ1) is 31.9. The van der Waals surface area contributed by atoms with Gasteiger partial charge in [-0.1, -0.05) is 5.21 Å². The van der Waals surface area contributed by atoms with Crippen LogP contribution in [-0.2, 0) is 46.7 Å². The van der Waals surface area contributed by atoms with E-state index in [2.05, 4.69) is 41.9 Å². The monoisotopic (exact) mass is 581 g/mol. The highest BCUT2D eigenvalue weighted by atomic mass is 16.4. The summed E-state index contributed by atoms with van der Waals surface area (Å²) in [6.07, 6.45) is -0.196. The molecule has 5 amide bonds. The van der Waals surface area contributed by atoms with E-state index in [1.165, 1.54) is 6.20 Å². The number of nitrogens with two attached hydrogens (primary N) is 2. The molecule has 0 aliphatic carbocycles. The summed E-state index contributed by atoms with van der Waals surface area (Å²) in [6, 6.07) is -4.42. The van der Waals surface area contributed by atoms with Crippen molar-refractivity contribution < 1.29 is 43.8 Å². The molecule has 2 rings (SSSR count). The van der Waals surface area contributed by atoms with Gasteiger partial charge in [0.05, 0.1) is 32.1 Å². The van der Waals surface area contributed by atoms with Crippen LogP contribution in [0.1, 0.15) is 31.4 Å². The topological polar surface area (TPSA) is 315 Å². The molecule has 1 aliphatic heterocycles. The van der Waals surface area contributed by atoms with Crippen molar-refractivity contribution in [1.82, 2.24) is 41.6 Å². The number of guanidine groups is 1. The Hall–Kier alpha value is -5.30. The number of hydrogen-bond donors (Lipinski definition) is 9. The Balaban J connectivity index is 2.33. The van der Waals surface area contributed by atoms with Crippen LogP contribution < -0.4 is 38.1 Å². The third-order valence-electron chi connectivity index (χ3n) is 5.40. The predicted octanol–water partition coefficient (Wildman–Crippen LogP) is -5.52. The van der Waals surface area contributed by atoms with Crippen LogP contribution in [0.5, 0.6) is 0 Å². The summed E-state index contributed by atoms with van der Waals surface area (Å²) in [5, 5.41) is 37.4. The molecule has 0 fully saturated rings. The molecular weight excluding hydrogens is 550 g/mol. The second kappa shape index (κ2) is 15.3. The van der Waals surface area contributed by atoms with Gasteiger partial charge in [0, 0.05) is 6.54 Å².